The Morgan fingerprint density at radius 1 is 0.611 bits per heavy atom. The van der Waals surface area contributed by atoms with Gasteiger partial charge in [0.15, 0.2) is 16.6 Å². The van der Waals surface area contributed by atoms with Crippen LogP contribution in [0.15, 0.2) is 0 Å². The molecule has 0 rings (SSSR count). The number of hydrogen-bond donors (Lipinski definition) is 4. The summed E-state index contributed by atoms with van der Waals surface area (Å²) >= 11 is 0. The second-order valence-electron chi connectivity index (χ2n) is 12.2. The Labute approximate surface area is 227 Å². The standard InChI is InChI=1S/C24H61N3O5Si4/c1-33(2,3)30-35(7,23-13-11-9-10-12-18-27(19-21-28)20-22-29)32-36(8,31-34(4,5)6)24-14-16-26-17-15-25/h26,28-29H,9-25H2,1-8H3. The van der Waals surface area contributed by atoms with Crippen molar-refractivity contribution in [3.05, 3.63) is 0 Å². The highest BCUT2D eigenvalue weighted by Gasteiger charge is 2.46. The van der Waals surface area contributed by atoms with E-state index in [9.17, 15) is 0 Å². The summed E-state index contributed by atoms with van der Waals surface area (Å²) in [7, 11) is -8.30. The molecule has 8 nitrogen and oxygen atoms in total. The van der Waals surface area contributed by atoms with Crippen molar-refractivity contribution in [2.45, 2.75) is 103 Å². The van der Waals surface area contributed by atoms with Crippen molar-refractivity contribution >= 4 is 33.8 Å². The minimum atomic E-state index is -2.39. The number of rotatable bonds is 24. The first-order valence-electron chi connectivity index (χ1n) is 14.1. The Morgan fingerprint density at radius 3 is 1.56 bits per heavy atom. The van der Waals surface area contributed by atoms with E-state index in [-0.39, 0.29) is 13.2 Å². The minimum Gasteiger partial charge on any atom is -0.437 e. The van der Waals surface area contributed by atoms with E-state index in [1.165, 1.54) is 19.3 Å². The van der Waals surface area contributed by atoms with Crippen molar-refractivity contribution in [2.75, 3.05) is 52.5 Å². The largest absolute Gasteiger partial charge is 0.437 e. The molecule has 0 aliphatic rings. The van der Waals surface area contributed by atoms with Crippen LogP contribution in [0.4, 0.5) is 0 Å². The molecule has 0 fully saturated rings. The highest BCUT2D eigenvalue weighted by molar-refractivity contribution is 6.89. The van der Waals surface area contributed by atoms with Crippen LogP contribution in [0.3, 0.4) is 0 Å². The number of hydrogen-bond acceptors (Lipinski definition) is 8. The smallest absolute Gasteiger partial charge is 0.315 e. The molecule has 12 heteroatoms. The predicted octanol–water partition coefficient (Wildman–Crippen LogP) is 4.03. The summed E-state index contributed by atoms with van der Waals surface area (Å²) < 4.78 is 20.7. The summed E-state index contributed by atoms with van der Waals surface area (Å²) in [6.45, 7) is 23.1. The van der Waals surface area contributed by atoms with Crippen molar-refractivity contribution in [1.82, 2.24) is 10.2 Å². The number of nitrogens with one attached hydrogen (secondary N) is 1. The first-order chi connectivity index (χ1) is 16.7. The van der Waals surface area contributed by atoms with Gasteiger partial charge in [0.1, 0.15) is 0 Å². The van der Waals surface area contributed by atoms with Crippen LogP contribution in [-0.2, 0) is 12.3 Å². The third-order valence-electron chi connectivity index (χ3n) is 5.72. The number of aliphatic hydroxyl groups excluding tert-OH is 2. The molecular weight excluding hydrogens is 523 g/mol. The number of aliphatic hydroxyl groups is 2. The zero-order chi connectivity index (χ0) is 27.7. The molecule has 36 heavy (non-hydrogen) atoms. The van der Waals surface area contributed by atoms with Crippen molar-refractivity contribution in [3.63, 3.8) is 0 Å². The summed E-state index contributed by atoms with van der Waals surface area (Å²) in [6, 6.07) is 1.99. The van der Waals surface area contributed by atoms with Gasteiger partial charge in [-0.1, -0.05) is 25.7 Å². The first kappa shape index (κ1) is 36.5. The van der Waals surface area contributed by atoms with Gasteiger partial charge in [0.05, 0.1) is 13.2 Å². The molecule has 0 spiro atoms. The van der Waals surface area contributed by atoms with Crippen LogP contribution < -0.4 is 11.1 Å². The minimum absolute atomic E-state index is 0.147. The van der Waals surface area contributed by atoms with E-state index in [1.807, 2.05) is 0 Å². The van der Waals surface area contributed by atoms with Crippen LogP contribution >= 0.6 is 0 Å². The maximum Gasteiger partial charge on any atom is 0.315 e. The lowest BCUT2D eigenvalue weighted by Crippen LogP contribution is -2.58. The second-order valence-corrected chi connectivity index (χ2v) is 28.7. The Balaban J connectivity index is 4.97. The van der Waals surface area contributed by atoms with Crippen molar-refractivity contribution in [3.8, 4) is 0 Å². The highest BCUT2D eigenvalue weighted by atomic mass is 28.5. The highest BCUT2D eigenvalue weighted by Crippen LogP contribution is 2.31. The first-order valence-corrected chi connectivity index (χ1v) is 26.0. The van der Waals surface area contributed by atoms with Crippen LogP contribution in [0.25, 0.3) is 0 Å². The van der Waals surface area contributed by atoms with Gasteiger partial charge in [0.2, 0.25) is 0 Å². The van der Waals surface area contributed by atoms with Gasteiger partial charge in [0, 0.05) is 26.2 Å². The van der Waals surface area contributed by atoms with E-state index < -0.39 is 33.8 Å². The fourth-order valence-electron chi connectivity index (χ4n) is 4.69. The number of nitrogens with two attached hydrogens (primary N) is 1. The average Bonchev–Trinajstić information content (AvgIpc) is 2.70. The fourth-order valence-corrected chi connectivity index (χ4v) is 23.1. The van der Waals surface area contributed by atoms with Gasteiger partial charge in [-0.05, 0) is 90.4 Å². The molecule has 0 aromatic carbocycles. The normalized spacial score (nSPS) is 16.3. The van der Waals surface area contributed by atoms with Crippen LogP contribution in [0.1, 0.15) is 38.5 Å². The lowest BCUT2D eigenvalue weighted by atomic mass is 10.1. The van der Waals surface area contributed by atoms with Gasteiger partial charge in [-0.3, -0.25) is 4.90 Å². The maximum atomic E-state index is 9.17. The van der Waals surface area contributed by atoms with E-state index >= 15 is 0 Å². The fraction of sp³-hybridized carbons (Fsp3) is 1.00. The van der Waals surface area contributed by atoms with Crippen molar-refractivity contribution < 1.29 is 22.6 Å². The molecule has 0 bridgehead atoms. The van der Waals surface area contributed by atoms with E-state index in [4.69, 9.17) is 28.3 Å². The van der Waals surface area contributed by atoms with E-state index in [2.05, 4.69) is 62.6 Å². The zero-order valence-electron chi connectivity index (χ0n) is 25.0. The molecule has 0 aromatic rings. The Bertz CT molecular complexity index is 549. The average molecular weight is 584 g/mol. The molecule has 0 aromatic heterocycles. The Hall–Kier alpha value is 0.548. The number of unbranched alkanes of at least 4 members (excludes halogenated alkanes) is 4. The van der Waals surface area contributed by atoms with Crippen LogP contribution in [-0.4, -0.2) is 101 Å². The van der Waals surface area contributed by atoms with E-state index in [0.29, 0.717) is 19.6 Å². The Kier molecular flexibility index (Phi) is 19.1. The van der Waals surface area contributed by atoms with Crippen LogP contribution in [0.2, 0.25) is 64.5 Å². The summed E-state index contributed by atoms with van der Waals surface area (Å²) in [5.41, 5.74) is 5.62. The molecule has 0 saturated carbocycles. The second kappa shape index (κ2) is 18.8. The summed E-state index contributed by atoms with van der Waals surface area (Å²) in [5.74, 6) is 0. The maximum absolute atomic E-state index is 9.17. The molecule has 218 valence electrons. The molecule has 2 atom stereocenters. The lowest BCUT2D eigenvalue weighted by molar-refractivity contribution is 0.159. The van der Waals surface area contributed by atoms with Crippen molar-refractivity contribution in [1.29, 1.82) is 0 Å². The van der Waals surface area contributed by atoms with Gasteiger partial charge in [-0.25, -0.2) is 0 Å². The van der Waals surface area contributed by atoms with E-state index in [1.54, 1.807) is 0 Å². The van der Waals surface area contributed by atoms with Crippen LogP contribution in [0, 0.1) is 0 Å². The predicted molar refractivity (Wildman–Crippen MR) is 163 cm³/mol. The monoisotopic (exact) mass is 583 g/mol. The van der Waals surface area contributed by atoms with Gasteiger partial charge in [-0.2, -0.15) is 0 Å². The summed E-state index contributed by atoms with van der Waals surface area (Å²) in [6.07, 6.45) is 6.80. The lowest BCUT2D eigenvalue weighted by Gasteiger charge is -2.43. The Morgan fingerprint density at radius 2 is 1.08 bits per heavy atom. The number of nitrogens with zero attached hydrogens (tertiary/aromatic N) is 1. The van der Waals surface area contributed by atoms with E-state index in [0.717, 1.165) is 51.0 Å². The molecule has 0 aliphatic heterocycles. The third-order valence-corrected chi connectivity index (χ3v) is 20.1. The third kappa shape index (κ3) is 20.5. The molecule has 0 heterocycles. The van der Waals surface area contributed by atoms with Gasteiger partial charge in [-0.15, -0.1) is 0 Å². The summed E-state index contributed by atoms with van der Waals surface area (Å²) in [4.78, 5) is 2.13. The topological polar surface area (TPSA) is 109 Å². The van der Waals surface area contributed by atoms with Crippen LogP contribution in [0.5, 0.6) is 0 Å². The van der Waals surface area contributed by atoms with Gasteiger partial charge in [0.25, 0.3) is 0 Å². The molecule has 0 aliphatic carbocycles. The molecule has 2 unspecified atom stereocenters. The molecular formula is C24H61N3O5Si4. The van der Waals surface area contributed by atoms with Crippen molar-refractivity contribution in [2.24, 2.45) is 5.73 Å². The zero-order valence-corrected chi connectivity index (χ0v) is 29.0. The molecule has 5 N–H and O–H groups in total. The van der Waals surface area contributed by atoms with Gasteiger partial charge >= 0.3 is 17.1 Å². The quantitative estimate of drug-likeness (QED) is 0.0996. The molecule has 0 amide bonds. The SMILES string of the molecule is C[Si](C)(C)O[Si](C)(CCCCCCCN(CCO)CCO)O[Si](C)(CCCNCCN)O[Si](C)(C)C. The molecule has 0 saturated heterocycles. The summed E-state index contributed by atoms with van der Waals surface area (Å²) in [5, 5.41) is 21.7. The van der Waals surface area contributed by atoms with Gasteiger partial charge < -0.3 is 33.6 Å². The molecule has 0 radical (unpaired) electrons.